The van der Waals surface area contributed by atoms with Crippen molar-refractivity contribution in [1.82, 2.24) is 10.2 Å². The number of nitrogens with zero attached hydrogens (tertiary/aromatic N) is 2. The van der Waals surface area contributed by atoms with Gasteiger partial charge in [0.05, 0.1) is 4.92 Å². The molecule has 0 aromatic heterocycles. The molecule has 0 amide bonds. The van der Waals surface area contributed by atoms with Gasteiger partial charge in [0.2, 0.25) is 0 Å². The highest BCUT2D eigenvalue weighted by Crippen LogP contribution is 2.22. The van der Waals surface area contributed by atoms with E-state index in [1.807, 2.05) is 19.2 Å². The van der Waals surface area contributed by atoms with Gasteiger partial charge in [0.25, 0.3) is 5.69 Å². The monoisotopic (exact) mass is 277 g/mol. The molecule has 0 spiro atoms. The minimum absolute atomic E-state index is 0.166. The molecule has 2 rings (SSSR count). The highest BCUT2D eigenvalue weighted by molar-refractivity contribution is 5.32. The second-order valence-electron chi connectivity index (χ2n) is 5.54. The zero-order chi connectivity index (χ0) is 14.4. The van der Waals surface area contributed by atoms with Crippen molar-refractivity contribution in [2.45, 2.75) is 25.8 Å². The molecule has 1 N–H and O–H groups in total. The first-order chi connectivity index (χ1) is 9.69. The molecule has 0 saturated carbocycles. The number of hydrogen-bond acceptors (Lipinski definition) is 4. The fourth-order valence-corrected chi connectivity index (χ4v) is 2.76. The average Bonchev–Trinajstić information content (AvgIpc) is 2.47. The highest BCUT2D eigenvalue weighted by Gasteiger charge is 2.18. The zero-order valence-electron chi connectivity index (χ0n) is 12.0. The number of benzene rings is 1. The highest BCUT2D eigenvalue weighted by atomic mass is 16.6. The van der Waals surface area contributed by atoms with Crippen LogP contribution in [0, 0.1) is 16.0 Å². The van der Waals surface area contributed by atoms with Crippen LogP contribution >= 0.6 is 0 Å². The largest absolute Gasteiger partial charge is 0.320 e. The topological polar surface area (TPSA) is 58.4 Å². The van der Waals surface area contributed by atoms with Crippen LogP contribution in [0.15, 0.2) is 24.3 Å². The molecule has 1 aliphatic rings. The summed E-state index contributed by atoms with van der Waals surface area (Å²) in [4.78, 5) is 12.7. The summed E-state index contributed by atoms with van der Waals surface area (Å²) < 4.78 is 0. The molecule has 1 saturated heterocycles. The molecule has 0 aliphatic carbocycles. The van der Waals surface area contributed by atoms with Crippen molar-refractivity contribution in [3.8, 4) is 0 Å². The van der Waals surface area contributed by atoms with Crippen LogP contribution in [-0.2, 0) is 6.54 Å². The average molecular weight is 277 g/mol. The van der Waals surface area contributed by atoms with E-state index in [0.29, 0.717) is 0 Å². The standard InChI is InChI=1S/C15H23N3O2/c1-16-9-6-13-7-10-17(11-8-13)12-14-2-4-15(5-3-14)18(19)20/h2-5,13,16H,6-12H2,1H3. The molecule has 5 nitrogen and oxygen atoms in total. The third-order valence-electron chi connectivity index (χ3n) is 4.06. The van der Waals surface area contributed by atoms with E-state index in [9.17, 15) is 10.1 Å². The van der Waals surface area contributed by atoms with Gasteiger partial charge in [0.1, 0.15) is 0 Å². The number of non-ortho nitro benzene ring substituents is 1. The Labute approximate surface area is 120 Å². The van der Waals surface area contributed by atoms with Gasteiger partial charge in [0, 0.05) is 18.7 Å². The van der Waals surface area contributed by atoms with Crippen LogP contribution in [0.25, 0.3) is 0 Å². The molecular weight excluding hydrogens is 254 g/mol. The molecule has 1 aromatic rings. The summed E-state index contributed by atoms with van der Waals surface area (Å²) in [7, 11) is 2.00. The van der Waals surface area contributed by atoms with Crippen LogP contribution in [0.1, 0.15) is 24.8 Å². The molecule has 0 unspecified atom stereocenters. The molecular formula is C15H23N3O2. The summed E-state index contributed by atoms with van der Waals surface area (Å²) >= 11 is 0. The van der Waals surface area contributed by atoms with Gasteiger partial charge >= 0.3 is 0 Å². The SMILES string of the molecule is CNCCC1CCN(Cc2ccc([N+](=O)[O-])cc2)CC1. The number of nitro groups is 1. The maximum absolute atomic E-state index is 10.6. The summed E-state index contributed by atoms with van der Waals surface area (Å²) in [6.45, 7) is 4.26. The minimum atomic E-state index is -0.350. The van der Waals surface area contributed by atoms with Gasteiger partial charge in [0.15, 0.2) is 0 Å². The van der Waals surface area contributed by atoms with Gasteiger partial charge in [-0.2, -0.15) is 0 Å². The third kappa shape index (κ3) is 4.28. The normalized spacial score (nSPS) is 17.2. The zero-order valence-corrected chi connectivity index (χ0v) is 12.0. The second kappa shape index (κ2) is 7.36. The van der Waals surface area contributed by atoms with Crippen molar-refractivity contribution >= 4 is 5.69 Å². The number of rotatable bonds is 6. The number of nitro benzene ring substituents is 1. The molecule has 5 heteroatoms. The van der Waals surface area contributed by atoms with Crippen LogP contribution in [0.2, 0.25) is 0 Å². The van der Waals surface area contributed by atoms with E-state index in [4.69, 9.17) is 0 Å². The summed E-state index contributed by atoms with van der Waals surface area (Å²) in [5.74, 6) is 0.843. The lowest BCUT2D eigenvalue weighted by atomic mass is 9.93. The van der Waals surface area contributed by atoms with E-state index in [-0.39, 0.29) is 10.6 Å². The Bertz CT molecular complexity index is 425. The molecule has 1 heterocycles. The van der Waals surface area contributed by atoms with Crippen LogP contribution < -0.4 is 5.32 Å². The van der Waals surface area contributed by atoms with Crippen LogP contribution in [-0.4, -0.2) is 36.5 Å². The van der Waals surface area contributed by atoms with E-state index in [1.54, 1.807) is 12.1 Å². The van der Waals surface area contributed by atoms with Gasteiger partial charge in [-0.1, -0.05) is 12.1 Å². The van der Waals surface area contributed by atoms with E-state index >= 15 is 0 Å². The minimum Gasteiger partial charge on any atom is -0.320 e. The number of piperidine rings is 1. The van der Waals surface area contributed by atoms with Crippen molar-refractivity contribution in [3.63, 3.8) is 0 Å². The van der Waals surface area contributed by atoms with Crippen molar-refractivity contribution in [2.75, 3.05) is 26.7 Å². The molecule has 1 fully saturated rings. The Kier molecular flexibility index (Phi) is 5.49. The van der Waals surface area contributed by atoms with Crippen molar-refractivity contribution in [1.29, 1.82) is 0 Å². The third-order valence-corrected chi connectivity index (χ3v) is 4.06. The first-order valence-corrected chi connectivity index (χ1v) is 7.29. The Hall–Kier alpha value is -1.46. The number of nitrogens with one attached hydrogen (secondary N) is 1. The second-order valence-corrected chi connectivity index (χ2v) is 5.54. The number of hydrogen-bond donors (Lipinski definition) is 1. The van der Waals surface area contributed by atoms with Crippen LogP contribution in [0.3, 0.4) is 0 Å². The first kappa shape index (κ1) is 14.9. The Morgan fingerprint density at radius 1 is 1.30 bits per heavy atom. The van der Waals surface area contributed by atoms with Gasteiger partial charge < -0.3 is 5.32 Å². The van der Waals surface area contributed by atoms with Crippen molar-refractivity contribution < 1.29 is 4.92 Å². The fourth-order valence-electron chi connectivity index (χ4n) is 2.76. The molecule has 110 valence electrons. The van der Waals surface area contributed by atoms with E-state index in [0.717, 1.165) is 37.7 Å². The lowest BCUT2D eigenvalue weighted by Crippen LogP contribution is -2.34. The predicted molar refractivity (Wildman–Crippen MR) is 79.6 cm³/mol. The lowest BCUT2D eigenvalue weighted by Gasteiger charge is -2.32. The van der Waals surface area contributed by atoms with E-state index < -0.39 is 0 Å². The van der Waals surface area contributed by atoms with E-state index in [2.05, 4.69) is 10.2 Å². The molecule has 1 aliphatic heterocycles. The first-order valence-electron chi connectivity index (χ1n) is 7.29. The Morgan fingerprint density at radius 2 is 1.95 bits per heavy atom. The number of likely N-dealkylation sites (tertiary alicyclic amines) is 1. The molecule has 0 bridgehead atoms. The quantitative estimate of drug-likeness (QED) is 0.641. The molecule has 1 aromatic carbocycles. The fraction of sp³-hybridized carbons (Fsp3) is 0.600. The van der Waals surface area contributed by atoms with Gasteiger partial charge in [-0.05, 0) is 57.4 Å². The van der Waals surface area contributed by atoms with E-state index in [1.165, 1.54) is 19.3 Å². The van der Waals surface area contributed by atoms with Crippen LogP contribution in [0.5, 0.6) is 0 Å². The summed E-state index contributed by atoms with van der Waals surface area (Å²) in [5.41, 5.74) is 1.32. The maximum atomic E-state index is 10.6. The molecule has 0 atom stereocenters. The van der Waals surface area contributed by atoms with Crippen molar-refractivity contribution in [3.05, 3.63) is 39.9 Å². The van der Waals surface area contributed by atoms with Gasteiger partial charge in [-0.25, -0.2) is 0 Å². The van der Waals surface area contributed by atoms with Gasteiger partial charge in [-0.15, -0.1) is 0 Å². The maximum Gasteiger partial charge on any atom is 0.269 e. The summed E-state index contributed by atoms with van der Waals surface area (Å²) in [5, 5.41) is 13.8. The summed E-state index contributed by atoms with van der Waals surface area (Å²) in [6, 6.07) is 6.92. The van der Waals surface area contributed by atoms with Crippen LogP contribution in [0.4, 0.5) is 5.69 Å². The Morgan fingerprint density at radius 3 is 2.50 bits per heavy atom. The van der Waals surface area contributed by atoms with Gasteiger partial charge in [-0.3, -0.25) is 15.0 Å². The summed E-state index contributed by atoms with van der Waals surface area (Å²) in [6.07, 6.45) is 3.78. The smallest absolute Gasteiger partial charge is 0.269 e. The predicted octanol–water partition coefficient (Wildman–Crippen LogP) is 2.42. The van der Waals surface area contributed by atoms with Crippen molar-refractivity contribution in [2.24, 2.45) is 5.92 Å². The molecule has 0 radical (unpaired) electrons. The Balaban J connectivity index is 1.79. The molecule has 20 heavy (non-hydrogen) atoms. The lowest BCUT2D eigenvalue weighted by molar-refractivity contribution is -0.384.